The van der Waals surface area contributed by atoms with Crippen LogP contribution in [0, 0.1) is 0 Å². The van der Waals surface area contributed by atoms with Crippen LogP contribution >= 0.6 is 27.3 Å². The third-order valence-corrected chi connectivity index (χ3v) is 5.12. The van der Waals surface area contributed by atoms with Gasteiger partial charge in [0.25, 0.3) is 0 Å². The molecule has 3 aromatic rings. The Hall–Kier alpha value is -1.36. The Bertz CT molecular complexity index is 751. The molecule has 4 heteroatoms. The molecule has 0 fully saturated rings. The number of benzene rings is 2. The quantitative estimate of drug-likeness (QED) is 0.739. The van der Waals surface area contributed by atoms with E-state index in [2.05, 4.69) is 15.9 Å². The van der Waals surface area contributed by atoms with Crippen LogP contribution in [0.3, 0.4) is 0 Å². The molecule has 3 rings (SSSR count). The van der Waals surface area contributed by atoms with Crippen molar-refractivity contribution in [2.24, 2.45) is 0 Å². The van der Waals surface area contributed by atoms with Gasteiger partial charge in [-0.3, -0.25) is 0 Å². The molecule has 1 aromatic heterocycles. The number of halogens is 1. The molecule has 0 saturated carbocycles. The molecule has 0 radical (unpaired) electrons. The van der Waals surface area contributed by atoms with Gasteiger partial charge in [0.15, 0.2) is 0 Å². The summed E-state index contributed by atoms with van der Waals surface area (Å²) in [5.74, 6) is 0.820. The molecular formula is C16H13BrO2S. The Labute approximate surface area is 129 Å². The second-order valence-electron chi connectivity index (χ2n) is 4.48. The molecule has 1 unspecified atom stereocenters. The molecule has 0 aliphatic heterocycles. The fourth-order valence-electron chi connectivity index (χ4n) is 2.37. The van der Waals surface area contributed by atoms with E-state index in [1.807, 2.05) is 47.2 Å². The molecule has 1 atom stereocenters. The van der Waals surface area contributed by atoms with Crippen LogP contribution in [0.25, 0.3) is 10.8 Å². The molecule has 20 heavy (non-hydrogen) atoms. The van der Waals surface area contributed by atoms with E-state index in [1.165, 1.54) is 0 Å². The van der Waals surface area contributed by atoms with Gasteiger partial charge < -0.3 is 9.84 Å². The Balaban J connectivity index is 2.20. The molecule has 0 bridgehead atoms. The molecular weight excluding hydrogens is 336 g/mol. The SMILES string of the molecule is COc1ccc(C(O)c2cscc2Br)c2ccccc12. The zero-order valence-corrected chi connectivity index (χ0v) is 13.2. The predicted octanol–water partition coefficient (Wildman–Crippen LogP) is 4.75. The molecule has 1 N–H and O–H groups in total. The van der Waals surface area contributed by atoms with Crippen molar-refractivity contribution in [2.45, 2.75) is 6.10 Å². The van der Waals surface area contributed by atoms with Crippen LogP contribution < -0.4 is 4.74 Å². The van der Waals surface area contributed by atoms with Crippen LogP contribution in [-0.4, -0.2) is 12.2 Å². The van der Waals surface area contributed by atoms with Crippen LogP contribution in [0.15, 0.2) is 51.6 Å². The van der Waals surface area contributed by atoms with Crippen LogP contribution in [0.4, 0.5) is 0 Å². The van der Waals surface area contributed by atoms with Gasteiger partial charge in [0.1, 0.15) is 11.9 Å². The van der Waals surface area contributed by atoms with Crippen molar-refractivity contribution in [1.29, 1.82) is 0 Å². The molecule has 102 valence electrons. The van der Waals surface area contributed by atoms with E-state index in [4.69, 9.17) is 4.74 Å². The topological polar surface area (TPSA) is 29.5 Å². The van der Waals surface area contributed by atoms with Crippen molar-refractivity contribution >= 4 is 38.0 Å². The number of hydrogen-bond acceptors (Lipinski definition) is 3. The minimum Gasteiger partial charge on any atom is -0.496 e. The first-order valence-electron chi connectivity index (χ1n) is 6.17. The maximum Gasteiger partial charge on any atom is 0.126 e. The van der Waals surface area contributed by atoms with E-state index >= 15 is 0 Å². The third kappa shape index (κ3) is 2.24. The Morgan fingerprint density at radius 1 is 1.05 bits per heavy atom. The van der Waals surface area contributed by atoms with Gasteiger partial charge in [-0.1, -0.05) is 30.3 Å². The van der Waals surface area contributed by atoms with E-state index < -0.39 is 6.10 Å². The highest BCUT2D eigenvalue weighted by molar-refractivity contribution is 9.10. The van der Waals surface area contributed by atoms with Gasteiger partial charge in [-0.2, -0.15) is 11.3 Å². The lowest BCUT2D eigenvalue weighted by Gasteiger charge is -2.15. The van der Waals surface area contributed by atoms with Gasteiger partial charge in [-0.05, 0) is 38.3 Å². The third-order valence-electron chi connectivity index (χ3n) is 3.37. The smallest absolute Gasteiger partial charge is 0.126 e. The molecule has 0 amide bonds. The molecule has 0 spiro atoms. The average molecular weight is 349 g/mol. The lowest BCUT2D eigenvalue weighted by molar-refractivity contribution is 0.221. The monoisotopic (exact) mass is 348 g/mol. The highest BCUT2D eigenvalue weighted by Crippen LogP contribution is 2.37. The van der Waals surface area contributed by atoms with Crippen molar-refractivity contribution in [3.05, 3.63) is 62.8 Å². The van der Waals surface area contributed by atoms with Gasteiger partial charge >= 0.3 is 0 Å². The van der Waals surface area contributed by atoms with Crippen molar-refractivity contribution < 1.29 is 9.84 Å². The number of aliphatic hydroxyl groups excluding tert-OH is 1. The first-order chi connectivity index (χ1) is 9.72. The summed E-state index contributed by atoms with van der Waals surface area (Å²) in [6, 6.07) is 11.8. The zero-order chi connectivity index (χ0) is 14.1. The molecule has 0 aliphatic carbocycles. The van der Waals surface area contributed by atoms with Crippen molar-refractivity contribution in [1.82, 2.24) is 0 Å². The lowest BCUT2D eigenvalue weighted by Crippen LogP contribution is -2.00. The fourth-order valence-corrected chi connectivity index (χ4v) is 3.90. The standard InChI is InChI=1S/C16H13BrO2S/c1-19-15-7-6-12(10-4-2-3-5-11(10)15)16(18)13-8-20-9-14(13)17/h2-9,16,18H,1H3. The van der Waals surface area contributed by atoms with Gasteiger partial charge in [0.05, 0.1) is 7.11 Å². The Morgan fingerprint density at radius 2 is 1.80 bits per heavy atom. The van der Waals surface area contributed by atoms with E-state index in [1.54, 1.807) is 18.4 Å². The summed E-state index contributed by atoms with van der Waals surface area (Å²) in [7, 11) is 1.66. The number of fused-ring (bicyclic) bond motifs is 1. The summed E-state index contributed by atoms with van der Waals surface area (Å²) in [5.41, 5.74) is 1.78. The second kappa shape index (κ2) is 5.56. The number of ether oxygens (including phenoxy) is 1. The fraction of sp³-hybridized carbons (Fsp3) is 0.125. The summed E-state index contributed by atoms with van der Waals surface area (Å²) >= 11 is 5.05. The second-order valence-corrected chi connectivity index (χ2v) is 6.08. The number of thiophene rings is 1. The predicted molar refractivity (Wildman–Crippen MR) is 86.6 cm³/mol. The van der Waals surface area contributed by atoms with Gasteiger partial charge in [-0.25, -0.2) is 0 Å². The summed E-state index contributed by atoms with van der Waals surface area (Å²) in [6.07, 6.45) is -0.647. The maximum atomic E-state index is 10.7. The Morgan fingerprint density at radius 3 is 2.45 bits per heavy atom. The first kappa shape index (κ1) is 13.6. The summed E-state index contributed by atoms with van der Waals surface area (Å²) in [5, 5.41) is 16.6. The van der Waals surface area contributed by atoms with Gasteiger partial charge in [0.2, 0.25) is 0 Å². The van der Waals surface area contributed by atoms with Crippen LogP contribution in [0.1, 0.15) is 17.2 Å². The largest absolute Gasteiger partial charge is 0.496 e. The number of methoxy groups -OCH3 is 1. The molecule has 1 heterocycles. The highest BCUT2D eigenvalue weighted by Gasteiger charge is 2.18. The van der Waals surface area contributed by atoms with Gasteiger partial charge in [0, 0.05) is 20.8 Å². The molecule has 0 saturated heterocycles. The molecule has 2 nitrogen and oxygen atoms in total. The highest BCUT2D eigenvalue weighted by atomic mass is 79.9. The van der Waals surface area contributed by atoms with Gasteiger partial charge in [-0.15, -0.1) is 0 Å². The molecule has 2 aromatic carbocycles. The molecule has 0 aliphatic rings. The maximum absolute atomic E-state index is 10.7. The number of hydrogen-bond donors (Lipinski definition) is 1. The summed E-state index contributed by atoms with van der Waals surface area (Å²) < 4.78 is 6.33. The lowest BCUT2D eigenvalue weighted by atomic mass is 9.97. The summed E-state index contributed by atoms with van der Waals surface area (Å²) in [4.78, 5) is 0. The average Bonchev–Trinajstić information content (AvgIpc) is 2.91. The van der Waals surface area contributed by atoms with Crippen molar-refractivity contribution in [3.8, 4) is 5.75 Å². The van der Waals surface area contributed by atoms with E-state index in [9.17, 15) is 5.11 Å². The minimum atomic E-state index is -0.647. The summed E-state index contributed by atoms with van der Waals surface area (Å²) in [6.45, 7) is 0. The van der Waals surface area contributed by atoms with Crippen LogP contribution in [-0.2, 0) is 0 Å². The Kier molecular flexibility index (Phi) is 3.78. The first-order valence-corrected chi connectivity index (χ1v) is 7.91. The van der Waals surface area contributed by atoms with Crippen LogP contribution in [0.2, 0.25) is 0 Å². The minimum absolute atomic E-state index is 0.647. The zero-order valence-electron chi connectivity index (χ0n) is 10.8. The van der Waals surface area contributed by atoms with E-state index in [-0.39, 0.29) is 0 Å². The number of rotatable bonds is 3. The normalized spacial score (nSPS) is 12.6. The van der Waals surface area contributed by atoms with Crippen molar-refractivity contribution in [3.63, 3.8) is 0 Å². The van der Waals surface area contributed by atoms with Crippen molar-refractivity contribution in [2.75, 3.05) is 7.11 Å². The van der Waals surface area contributed by atoms with Crippen LogP contribution in [0.5, 0.6) is 5.75 Å². The number of aliphatic hydroxyl groups is 1. The van der Waals surface area contributed by atoms with E-state index in [0.29, 0.717) is 0 Å². The van der Waals surface area contributed by atoms with E-state index in [0.717, 1.165) is 32.1 Å².